The van der Waals surface area contributed by atoms with E-state index >= 15 is 0 Å². The molecule has 8 heteroatoms. The van der Waals surface area contributed by atoms with Crippen LogP contribution in [0, 0.1) is 0 Å². The largest absolute Gasteiger partial charge is 0.468 e. The number of nitrogens with one attached hydrogen (secondary N) is 3. The Bertz CT molecular complexity index is 871. The van der Waals surface area contributed by atoms with Crippen molar-refractivity contribution in [1.29, 1.82) is 0 Å². The Labute approximate surface area is 174 Å². The molecule has 7 nitrogen and oxygen atoms in total. The second kappa shape index (κ2) is 10.1. The summed E-state index contributed by atoms with van der Waals surface area (Å²) in [4.78, 5) is 29.1. The number of amides is 2. The van der Waals surface area contributed by atoms with E-state index in [1.54, 1.807) is 12.4 Å². The molecule has 152 valence electrons. The molecule has 3 N–H and O–H groups in total. The molecule has 2 aromatic rings. The lowest BCUT2D eigenvalue weighted by atomic mass is 10.1. The fourth-order valence-electron chi connectivity index (χ4n) is 2.95. The van der Waals surface area contributed by atoms with Crippen LogP contribution in [0.15, 0.2) is 54.9 Å². The van der Waals surface area contributed by atoms with Crippen molar-refractivity contribution in [2.24, 2.45) is 0 Å². The molecule has 1 aromatic heterocycles. The summed E-state index contributed by atoms with van der Waals surface area (Å²) in [5, 5.41) is 8.62. The summed E-state index contributed by atoms with van der Waals surface area (Å²) in [7, 11) is 1.41. The summed E-state index contributed by atoms with van der Waals surface area (Å²) in [5.74, 6) is -0.240. The Morgan fingerprint density at radius 3 is 2.66 bits per heavy atom. The normalized spacial score (nSPS) is 18.1. The van der Waals surface area contributed by atoms with E-state index in [0.717, 1.165) is 22.6 Å². The van der Waals surface area contributed by atoms with Crippen LogP contribution >= 0.6 is 11.8 Å². The Morgan fingerprint density at radius 1 is 1.21 bits per heavy atom. The Morgan fingerprint density at radius 2 is 2.00 bits per heavy atom. The van der Waals surface area contributed by atoms with Crippen LogP contribution in [-0.4, -0.2) is 41.9 Å². The van der Waals surface area contributed by atoms with Gasteiger partial charge in [0.05, 0.1) is 7.11 Å². The summed E-state index contributed by atoms with van der Waals surface area (Å²) in [6, 6.07) is 10.9. The number of esters is 1. The van der Waals surface area contributed by atoms with E-state index in [4.69, 9.17) is 4.74 Å². The third-order valence-corrected chi connectivity index (χ3v) is 5.75. The van der Waals surface area contributed by atoms with Gasteiger partial charge in [-0.2, -0.15) is 0 Å². The first-order chi connectivity index (χ1) is 14.1. The number of pyridine rings is 1. The molecule has 0 spiro atoms. The number of urea groups is 1. The highest BCUT2D eigenvalue weighted by Gasteiger charge is 2.34. The molecular formula is C21H24N4O3S. The van der Waals surface area contributed by atoms with E-state index in [2.05, 4.69) is 27.0 Å². The third-order valence-electron chi connectivity index (χ3n) is 4.39. The van der Waals surface area contributed by atoms with Gasteiger partial charge in [-0.05, 0) is 35.9 Å². The maximum atomic E-state index is 12.1. The molecule has 1 aliphatic heterocycles. The molecule has 0 radical (unpaired) electrons. The smallest absolute Gasteiger partial charge is 0.321 e. The quantitative estimate of drug-likeness (QED) is 0.606. The maximum absolute atomic E-state index is 12.1. The van der Waals surface area contributed by atoms with Gasteiger partial charge in [-0.25, -0.2) is 4.79 Å². The van der Waals surface area contributed by atoms with Crippen LogP contribution in [0.5, 0.6) is 0 Å². The third kappa shape index (κ3) is 5.58. The lowest BCUT2D eigenvalue weighted by Gasteiger charge is -2.16. The van der Waals surface area contributed by atoms with Gasteiger partial charge in [0.1, 0.15) is 5.25 Å². The van der Waals surface area contributed by atoms with Crippen LogP contribution in [0.25, 0.3) is 4.91 Å². The number of nitrogens with zero attached hydrogens (tertiary/aromatic N) is 1. The second-order valence-electron chi connectivity index (χ2n) is 6.42. The van der Waals surface area contributed by atoms with Gasteiger partial charge >= 0.3 is 12.0 Å². The molecule has 2 heterocycles. The molecule has 2 atom stereocenters. The van der Waals surface area contributed by atoms with Gasteiger partial charge in [-0.1, -0.05) is 31.2 Å². The molecule has 2 amide bonds. The van der Waals surface area contributed by atoms with E-state index in [1.807, 2.05) is 43.3 Å². The van der Waals surface area contributed by atoms with E-state index in [-0.39, 0.29) is 23.3 Å². The van der Waals surface area contributed by atoms with Crippen molar-refractivity contribution in [3.63, 3.8) is 0 Å². The van der Waals surface area contributed by atoms with Crippen molar-refractivity contribution < 1.29 is 14.3 Å². The number of anilines is 1. The number of hydrogen-bond acceptors (Lipinski definition) is 6. The van der Waals surface area contributed by atoms with Crippen molar-refractivity contribution in [2.45, 2.75) is 24.8 Å². The standard InChI is InChI=1S/C21H24N4O3S/c1-3-23-17-11-18(29-19(17)20(26)28-2)15-6-8-16(9-7-15)25-21(27)24-13-14-5-4-10-22-12-14/h4-12,17,19,23H,3,13H2,1-2H3,(H2,24,25,27). The minimum absolute atomic E-state index is 0.0662. The molecule has 0 saturated carbocycles. The first-order valence-electron chi connectivity index (χ1n) is 9.34. The monoisotopic (exact) mass is 412 g/mol. The molecule has 2 unspecified atom stereocenters. The summed E-state index contributed by atoms with van der Waals surface area (Å²) in [5.41, 5.74) is 2.61. The molecule has 3 rings (SSSR count). The van der Waals surface area contributed by atoms with Gasteiger partial charge in [-0.3, -0.25) is 9.78 Å². The topological polar surface area (TPSA) is 92.4 Å². The minimum Gasteiger partial charge on any atom is -0.468 e. The van der Waals surface area contributed by atoms with Crippen molar-refractivity contribution in [2.75, 3.05) is 19.0 Å². The number of hydrogen-bond donors (Lipinski definition) is 3. The van der Waals surface area contributed by atoms with E-state index < -0.39 is 0 Å². The zero-order chi connectivity index (χ0) is 20.6. The first kappa shape index (κ1) is 20.9. The summed E-state index contributed by atoms with van der Waals surface area (Å²) in [6.07, 6.45) is 5.46. The Hall–Kier alpha value is -2.84. The highest BCUT2D eigenvalue weighted by molar-refractivity contribution is 8.09. The predicted molar refractivity (Wildman–Crippen MR) is 115 cm³/mol. The van der Waals surface area contributed by atoms with Gasteiger partial charge < -0.3 is 20.7 Å². The molecular weight excluding hydrogens is 388 g/mol. The van der Waals surface area contributed by atoms with Crippen molar-refractivity contribution in [3.8, 4) is 0 Å². The molecule has 0 aliphatic carbocycles. The van der Waals surface area contributed by atoms with Gasteiger partial charge in [0, 0.05) is 35.6 Å². The zero-order valence-electron chi connectivity index (χ0n) is 16.3. The van der Waals surface area contributed by atoms with Gasteiger partial charge in [0.2, 0.25) is 0 Å². The van der Waals surface area contributed by atoms with Crippen LogP contribution in [-0.2, 0) is 16.1 Å². The Kier molecular flexibility index (Phi) is 7.26. The van der Waals surface area contributed by atoms with E-state index in [9.17, 15) is 9.59 Å². The van der Waals surface area contributed by atoms with Crippen molar-refractivity contribution in [3.05, 3.63) is 66.0 Å². The SMILES string of the molecule is CCNC1C=C(c2ccc(NC(=O)NCc3cccnc3)cc2)SC1C(=O)OC. The number of carbonyl (C=O) groups excluding carboxylic acids is 2. The fourth-order valence-corrected chi connectivity index (χ4v) is 4.24. The Balaban J connectivity index is 1.59. The number of aromatic nitrogens is 1. The molecule has 0 bridgehead atoms. The molecule has 1 aromatic carbocycles. The lowest BCUT2D eigenvalue weighted by molar-refractivity contribution is -0.140. The average molecular weight is 413 g/mol. The van der Waals surface area contributed by atoms with Crippen LogP contribution in [0.3, 0.4) is 0 Å². The summed E-state index contributed by atoms with van der Waals surface area (Å²) >= 11 is 1.49. The van der Waals surface area contributed by atoms with Crippen LogP contribution in [0.1, 0.15) is 18.1 Å². The molecule has 0 fully saturated rings. The molecule has 29 heavy (non-hydrogen) atoms. The number of benzene rings is 1. The van der Waals surface area contributed by atoms with Gasteiger partial charge in [0.25, 0.3) is 0 Å². The van der Waals surface area contributed by atoms with Crippen LogP contribution < -0.4 is 16.0 Å². The first-order valence-corrected chi connectivity index (χ1v) is 10.2. The highest BCUT2D eigenvalue weighted by Crippen LogP contribution is 2.40. The number of methoxy groups -OCH3 is 1. The number of thioether (sulfide) groups is 1. The van der Waals surface area contributed by atoms with Crippen LogP contribution in [0.4, 0.5) is 10.5 Å². The maximum Gasteiger partial charge on any atom is 0.321 e. The van der Waals surface area contributed by atoms with E-state index in [1.165, 1.54) is 18.9 Å². The lowest BCUT2D eigenvalue weighted by Crippen LogP contribution is -2.39. The van der Waals surface area contributed by atoms with Crippen LogP contribution in [0.2, 0.25) is 0 Å². The number of ether oxygens (including phenoxy) is 1. The zero-order valence-corrected chi connectivity index (χ0v) is 17.2. The minimum atomic E-state index is -0.300. The molecule has 1 aliphatic rings. The molecule has 0 saturated heterocycles. The predicted octanol–water partition coefficient (Wildman–Crippen LogP) is 3.01. The number of rotatable bonds is 7. The highest BCUT2D eigenvalue weighted by atomic mass is 32.2. The van der Waals surface area contributed by atoms with E-state index in [0.29, 0.717) is 12.2 Å². The second-order valence-corrected chi connectivity index (χ2v) is 7.61. The van der Waals surface area contributed by atoms with Crippen molar-refractivity contribution >= 4 is 34.4 Å². The fraction of sp³-hybridized carbons (Fsp3) is 0.286. The number of carbonyl (C=O) groups is 2. The summed E-state index contributed by atoms with van der Waals surface area (Å²) in [6.45, 7) is 3.17. The van der Waals surface area contributed by atoms with Crippen molar-refractivity contribution in [1.82, 2.24) is 15.6 Å². The van der Waals surface area contributed by atoms with Gasteiger partial charge in [0.15, 0.2) is 0 Å². The average Bonchev–Trinajstić information content (AvgIpc) is 3.17. The van der Waals surface area contributed by atoms with Gasteiger partial charge in [-0.15, -0.1) is 11.8 Å². The number of likely N-dealkylation sites (N-methyl/N-ethyl adjacent to an activating group) is 1. The summed E-state index contributed by atoms with van der Waals surface area (Å²) < 4.78 is 4.92.